The predicted molar refractivity (Wildman–Crippen MR) is 101 cm³/mol. The monoisotopic (exact) mass is 334 g/mol. The number of rotatable bonds is 5. The van der Waals surface area contributed by atoms with Crippen LogP contribution in [0.4, 0.5) is 0 Å². The molecule has 1 aliphatic rings. The smallest absolute Gasteiger partial charge is 0.275 e. The maximum Gasteiger partial charge on any atom is 0.275 e. The Hall–Kier alpha value is -2.88. The molecule has 0 saturated heterocycles. The second kappa shape index (κ2) is 7.34. The molecule has 0 fully saturated rings. The van der Waals surface area contributed by atoms with Crippen LogP contribution in [-0.2, 0) is 11.2 Å². The molecule has 1 N–H and O–H groups in total. The van der Waals surface area contributed by atoms with Gasteiger partial charge in [-0.25, -0.2) is 4.99 Å². The van der Waals surface area contributed by atoms with Gasteiger partial charge in [-0.3, -0.25) is 4.79 Å². The topological polar surface area (TPSA) is 50.7 Å². The first kappa shape index (κ1) is 17.0. The fourth-order valence-electron chi connectivity index (χ4n) is 2.93. The lowest BCUT2D eigenvalue weighted by Gasteiger charge is -2.04. The van der Waals surface area contributed by atoms with Crippen molar-refractivity contribution in [2.24, 2.45) is 4.99 Å². The molecule has 3 rings (SSSR count). The van der Waals surface area contributed by atoms with Gasteiger partial charge in [-0.05, 0) is 60.7 Å². The first-order valence-electron chi connectivity index (χ1n) is 8.36. The van der Waals surface area contributed by atoms with E-state index in [2.05, 4.69) is 29.4 Å². The Balaban J connectivity index is 1.73. The minimum atomic E-state index is -0.145. The number of aryl methyl sites for hydroxylation is 3. The van der Waals surface area contributed by atoms with Gasteiger partial charge in [-0.15, -0.1) is 0 Å². The van der Waals surface area contributed by atoms with Crippen LogP contribution in [0.2, 0.25) is 0 Å². The molecular weight excluding hydrogens is 312 g/mol. The SMILES string of the molecule is COc1ccc(/C=C2/N=C(CCc3ccccc3C)NC2=O)cc1C. The Morgan fingerprint density at radius 1 is 1.08 bits per heavy atom. The number of nitrogens with one attached hydrogen (secondary N) is 1. The maximum absolute atomic E-state index is 12.2. The van der Waals surface area contributed by atoms with Gasteiger partial charge >= 0.3 is 0 Å². The maximum atomic E-state index is 12.2. The summed E-state index contributed by atoms with van der Waals surface area (Å²) in [5.41, 5.74) is 4.95. The minimum Gasteiger partial charge on any atom is -0.496 e. The number of carbonyl (C=O) groups excluding carboxylic acids is 1. The van der Waals surface area contributed by atoms with Crippen molar-refractivity contribution in [1.29, 1.82) is 0 Å². The zero-order chi connectivity index (χ0) is 17.8. The van der Waals surface area contributed by atoms with E-state index in [0.717, 1.165) is 35.6 Å². The molecule has 128 valence electrons. The van der Waals surface area contributed by atoms with Crippen LogP contribution in [0.25, 0.3) is 6.08 Å². The molecular formula is C21H22N2O2. The first-order chi connectivity index (χ1) is 12.1. The fourth-order valence-corrected chi connectivity index (χ4v) is 2.93. The van der Waals surface area contributed by atoms with Crippen molar-refractivity contribution < 1.29 is 9.53 Å². The molecule has 4 heteroatoms. The van der Waals surface area contributed by atoms with Gasteiger partial charge in [-0.1, -0.05) is 30.3 Å². The molecule has 2 aromatic carbocycles. The van der Waals surface area contributed by atoms with Crippen molar-refractivity contribution in [3.63, 3.8) is 0 Å². The second-order valence-corrected chi connectivity index (χ2v) is 6.20. The molecule has 0 radical (unpaired) electrons. The van der Waals surface area contributed by atoms with E-state index < -0.39 is 0 Å². The van der Waals surface area contributed by atoms with Crippen molar-refractivity contribution in [3.8, 4) is 5.75 Å². The predicted octanol–water partition coefficient (Wildman–Crippen LogP) is 3.81. The Morgan fingerprint density at radius 2 is 1.88 bits per heavy atom. The Labute approximate surface area is 148 Å². The molecule has 25 heavy (non-hydrogen) atoms. The summed E-state index contributed by atoms with van der Waals surface area (Å²) in [6, 6.07) is 14.1. The standard InChI is InChI=1S/C21H22N2O2/c1-14-6-4-5-7-17(14)9-11-20-22-18(21(24)23-20)13-16-8-10-19(25-3)15(2)12-16/h4-8,10,12-13H,9,11H2,1-3H3,(H,22,23,24)/b18-13+. The van der Waals surface area contributed by atoms with Gasteiger partial charge in [-0.2, -0.15) is 0 Å². The van der Waals surface area contributed by atoms with Crippen molar-refractivity contribution in [1.82, 2.24) is 5.32 Å². The van der Waals surface area contributed by atoms with E-state index in [1.54, 1.807) is 7.11 Å². The zero-order valence-electron chi connectivity index (χ0n) is 14.8. The summed E-state index contributed by atoms with van der Waals surface area (Å²) in [7, 11) is 1.65. The Bertz CT molecular complexity index is 866. The zero-order valence-corrected chi connectivity index (χ0v) is 14.8. The van der Waals surface area contributed by atoms with Gasteiger partial charge in [0.05, 0.1) is 7.11 Å². The average molecular weight is 334 g/mol. The van der Waals surface area contributed by atoms with E-state index in [9.17, 15) is 4.79 Å². The Morgan fingerprint density at radius 3 is 2.60 bits per heavy atom. The number of methoxy groups -OCH3 is 1. The Kier molecular flexibility index (Phi) is 4.98. The molecule has 4 nitrogen and oxygen atoms in total. The van der Waals surface area contributed by atoms with Gasteiger partial charge in [0.25, 0.3) is 5.91 Å². The normalized spacial score (nSPS) is 15.2. The highest BCUT2D eigenvalue weighted by Gasteiger charge is 2.19. The number of aliphatic imine (C=N–C) groups is 1. The highest BCUT2D eigenvalue weighted by molar-refractivity contribution is 6.14. The number of ether oxygens (including phenoxy) is 1. The van der Waals surface area contributed by atoms with Gasteiger partial charge in [0.1, 0.15) is 17.3 Å². The van der Waals surface area contributed by atoms with Crippen LogP contribution >= 0.6 is 0 Å². The molecule has 1 heterocycles. The van der Waals surface area contributed by atoms with E-state index in [4.69, 9.17) is 4.74 Å². The summed E-state index contributed by atoms with van der Waals surface area (Å²) in [6.45, 7) is 4.08. The largest absolute Gasteiger partial charge is 0.496 e. The van der Waals surface area contributed by atoms with Crippen LogP contribution in [0.5, 0.6) is 5.75 Å². The number of nitrogens with zero attached hydrogens (tertiary/aromatic N) is 1. The van der Waals surface area contributed by atoms with E-state index in [1.165, 1.54) is 11.1 Å². The van der Waals surface area contributed by atoms with E-state index in [1.807, 2.05) is 43.3 Å². The summed E-state index contributed by atoms with van der Waals surface area (Å²) in [5.74, 6) is 1.42. The third-order valence-corrected chi connectivity index (χ3v) is 4.36. The summed E-state index contributed by atoms with van der Waals surface area (Å²) in [4.78, 5) is 16.6. The molecule has 0 aromatic heterocycles. The molecule has 0 spiro atoms. The number of amidine groups is 1. The molecule has 0 saturated carbocycles. The highest BCUT2D eigenvalue weighted by Crippen LogP contribution is 2.21. The number of amides is 1. The lowest BCUT2D eigenvalue weighted by atomic mass is 10.0. The lowest BCUT2D eigenvalue weighted by Crippen LogP contribution is -2.24. The van der Waals surface area contributed by atoms with Crippen molar-refractivity contribution in [2.45, 2.75) is 26.7 Å². The van der Waals surface area contributed by atoms with Crippen molar-refractivity contribution in [3.05, 3.63) is 70.4 Å². The quantitative estimate of drug-likeness (QED) is 0.845. The summed E-state index contributed by atoms with van der Waals surface area (Å²) in [6.07, 6.45) is 3.39. The average Bonchev–Trinajstić information content (AvgIpc) is 2.94. The molecule has 2 aromatic rings. The van der Waals surface area contributed by atoms with E-state index >= 15 is 0 Å². The molecule has 0 atom stereocenters. The van der Waals surface area contributed by atoms with Crippen LogP contribution in [0.3, 0.4) is 0 Å². The van der Waals surface area contributed by atoms with Crippen LogP contribution in [0, 0.1) is 13.8 Å². The number of carbonyl (C=O) groups is 1. The van der Waals surface area contributed by atoms with Gasteiger partial charge in [0.15, 0.2) is 0 Å². The molecule has 1 aliphatic heterocycles. The summed E-state index contributed by atoms with van der Waals surface area (Å²) >= 11 is 0. The molecule has 0 aliphatic carbocycles. The third kappa shape index (κ3) is 3.97. The molecule has 1 amide bonds. The van der Waals surface area contributed by atoms with Gasteiger partial charge < -0.3 is 10.1 Å². The van der Waals surface area contributed by atoms with Crippen LogP contribution in [-0.4, -0.2) is 18.9 Å². The van der Waals surface area contributed by atoms with Gasteiger partial charge in [0, 0.05) is 6.42 Å². The van der Waals surface area contributed by atoms with Gasteiger partial charge in [0.2, 0.25) is 0 Å². The first-order valence-corrected chi connectivity index (χ1v) is 8.36. The number of benzene rings is 2. The molecule has 0 bridgehead atoms. The minimum absolute atomic E-state index is 0.145. The lowest BCUT2D eigenvalue weighted by molar-refractivity contribution is -0.115. The van der Waals surface area contributed by atoms with Crippen molar-refractivity contribution in [2.75, 3.05) is 7.11 Å². The van der Waals surface area contributed by atoms with E-state index in [0.29, 0.717) is 5.70 Å². The molecule has 0 unspecified atom stereocenters. The summed E-state index contributed by atoms with van der Waals surface area (Å²) < 4.78 is 5.26. The third-order valence-electron chi connectivity index (χ3n) is 4.36. The van der Waals surface area contributed by atoms with E-state index in [-0.39, 0.29) is 5.91 Å². The number of hydrogen-bond acceptors (Lipinski definition) is 3. The van der Waals surface area contributed by atoms with Crippen LogP contribution in [0.15, 0.2) is 53.2 Å². The van der Waals surface area contributed by atoms with Crippen LogP contribution < -0.4 is 10.1 Å². The second-order valence-electron chi connectivity index (χ2n) is 6.20. The fraction of sp³-hybridized carbons (Fsp3) is 0.238. The van der Waals surface area contributed by atoms with Crippen molar-refractivity contribution >= 4 is 17.8 Å². The van der Waals surface area contributed by atoms with Crippen LogP contribution in [0.1, 0.15) is 28.7 Å². The number of hydrogen-bond donors (Lipinski definition) is 1. The summed E-state index contributed by atoms with van der Waals surface area (Å²) in [5, 5.41) is 2.87. The highest BCUT2D eigenvalue weighted by atomic mass is 16.5.